The van der Waals surface area contributed by atoms with Gasteiger partial charge < -0.3 is 11.1 Å². The zero-order valence-corrected chi connectivity index (χ0v) is 16.3. The molecule has 4 rings (SSSR count). The lowest BCUT2D eigenvalue weighted by atomic mass is 10.2. The van der Waals surface area contributed by atoms with Gasteiger partial charge >= 0.3 is 0 Å². The fraction of sp³-hybridized carbons (Fsp3) is 0.190. The summed E-state index contributed by atoms with van der Waals surface area (Å²) < 4.78 is 1.80. The highest BCUT2D eigenvalue weighted by molar-refractivity contribution is 5.99. The first-order valence-electron chi connectivity index (χ1n) is 9.37. The number of nitrogens with two attached hydrogens (primary N) is 1. The van der Waals surface area contributed by atoms with Crippen molar-refractivity contribution in [3.05, 3.63) is 71.3 Å². The smallest absolute Gasteiger partial charge is 0.252 e. The summed E-state index contributed by atoms with van der Waals surface area (Å²) in [6.45, 7) is 4.46. The molecular weight excluding hydrogens is 366 g/mol. The van der Waals surface area contributed by atoms with Crippen molar-refractivity contribution in [1.29, 1.82) is 0 Å². The molecule has 3 aromatic heterocycles. The number of primary amides is 1. The molecule has 0 aliphatic heterocycles. The van der Waals surface area contributed by atoms with Crippen LogP contribution < -0.4 is 11.1 Å². The number of hydrogen-bond acceptors (Lipinski definition) is 6. The Morgan fingerprint density at radius 3 is 2.59 bits per heavy atom. The lowest BCUT2D eigenvalue weighted by molar-refractivity contribution is 0.100. The van der Waals surface area contributed by atoms with Gasteiger partial charge in [0.1, 0.15) is 17.2 Å². The van der Waals surface area contributed by atoms with Gasteiger partial charge in [0.15, 0.2) is 5.82 Å². The van der Waals surface area contributed by atoms with E-state index in [0.717, 1.165) is 5.56 Å². The van der Waals surface area contributed by atoms with Crippen molar-refractivity contribution in [3.8, 4) is 11.5 Å². The molecule has 4 aromatic rings. The first kappa shape index (κ1) is 18.5. The minimum atomic E-state index is -0.526. The third-order valence-electron chi connectivity index (χ3n) is 4.59. The van der Waals surface area contributed by atoms with Crippen LogP contribution in [0.3, 0.4) is 0 Å². The molecule has 29 heavy (non-hydrogen) atoms. The number of carbonyl (C=O) groups is 1. The summed E-state index contributed by atoms with van der Waals surface area (Å²) in [5.74, 6) is 1.14. The van der Waals surface area contributed by atoms with Crippen molar-refractivity contribution in [2.45, 2.75) is 26.8 Å². The van der Waals surface area contributed by atoms with Gasteiger partial charge in [-0.15, -0.1) is 0 Å². The van der Waals surface area contributed by atoms with Crippen LogP contribution in [0.4, 0.5) is 5.95 Å². The van der Waals surface area contributed by atoms with Crippen LogP contribution in [-0.4, -0.2) is 30.2 Å². The van der Waals surface area contributed by atoms with Crippen LogP contribution in [0.25, 0.3) is 17.2 Å². The molecule has 0 radical (unpaired) electrons. The zero-order valence-electron chi connectivity index (χ0n) is 16.3. The topological polar surface area (TPSA) is 111 Å². The van der Waals surface area contributed by atoms with Crippen LogP contribution >= 0.6 is 0 Å². The van der Waals surface area contributed by atoms with E-state index in [2.05, 4.69) is 25.3 Å². The Labute approximate surface area is 167 Å². The van der Waals surface area contributed by atoms with Crippen LogP contribution in [0.5, 0.6) is 0 Å². The van der Waals surface area contributed by atoms with Crippen molar-refractivity contribution in [2.75, 3.05) is 5.32 Å². The lowest BCUT2D eigenvalue weighted by Crippen LogP contribution is -2.13. The third kappa shape index (κ3) is 3.64. The van der Waals surface area contributed by atoms with E-state index >= 15 is 0 Å². The molecule has 146 valence electrons. The highest BCUT2D eigenvalue weighted by atomic mass is 16.1. The van der Waals surface area contributed by atoms with Gasteiger partial charge in [-0.3, -0.25) is 9.20 Å². The molecule has 0 saturated carbocycles. The van der Waals surface area contributed by atoms with Gasteiger partial charge in [0.2, 0.25) is 5.95 Å². The summed E-state index contributed by atoms with van der Waals surface area (Å²) in [4.78, 5) is 30.0. The van der Waals surface area contributed by atoms with E-state index in [9.17, 15) is 4.79 Å². The molecule has 3 heterocycles. The number of anilines is 1. The van der Waals surface area contributed by atoms with Crippen LogP contribution in [-0.2, 0) is 13.0 Å². The van der Waals surface area contributed by atoms with E-state index in [-0.39, 0.29) is 0 Å². The molecule has 0 bridgehead atoms. The number of amides is 1. The van der Waals surface area contributed by atoms with Gasteiger partial charge in [-0.05, 0) is 24.6 Å². The van der Waals surface area contributed by atoms with Crippen molar-refractivity contribution >= 4 is 17.5 Å². The Balaban J connectivity index is 1.78. The fourth-order valence-corrected chi connectivity index (χ4v) is 3.18. The Hall–Kier alpha value is -3.81. The number of nitrogens with zero attached hydrogens (tertiary/aromatic N) is 5. The van der Waals surface area contributed by atoms with E-state index < -0.39 is 5.91 Å². The number of pyridine rings is 1. The number of benzene rings is 1. The Bertz CT molecular complexity index is 1180. The predicted octanol–water partition coefficient (Wildman–Crippen LogP) is 2.77. The van der Waals surface area contributed by atoms with Crippen LogP contribution in [0.15, 0.2) is 48.7 Å². The molecule has 1 amide bonds. The fourth-order valence-electron chi connectivity index (χ4n) is 3.18. The average Bonchev–Trinajstić information content (AvgIpc) is 3.08. The minimum Gasteiger partial charge on any atom is -0.365 e. The molecule has 1 aromatic carbocycles. The summed E-state index contributed by atoms with van der Waals surface area (Å²) in [7, 11) is 0. The second-order valence-corrected chi connectivity index (χ2v) is 6.62. The highest BCUT2D eigenvalue weighted by Gasteiger charge is 2.19. The maximum atomic E-state index is 11.8. The maximum absolute atomic E-state index is 11.8. The number of carbonyl (C=O) groups excluding carboxylic acids is 1. The summed E-state index contributed by atoms with van der Waals surface area (Å²) >= 11 is 0. The first-order chi connectivity index (χ1) is 14.1. The van der Waals surface area contributed by atoms with Crippen LogP contribution in [0.2, 0.25) is 0 Å². The number of nitrogens with one attached hydrogen (secondary N) is 1. The molecular formula is C21H21N7O. The zero-order chi connectivity index (χ0) is 20.4. The van der Waals surface area contributed by atoms with E-state index in [1.165, 1.54) is 0 Å². The van der Waals surface area contributed by atoms with Gasteiger partial charge in [-0.25, -0.2) is 9.97 Å². The van der Waals surface area contributed by atoms with Crippen molar-refractivity contribution in [3.63, 3.8) is 0 Å². The van der Waals surface area contributed by atoms with Crippen molar-refractivity contribution < 1.29 is 4.79 Å². The molecule has 8 nitrogen and oxygen atoms in total. The van der Waals surface area contributed by atoms with E-state index in [1.807, 2.05) is 50.4 Å². The second kappa shape index (κ2) is 7.67. The van der Waals surface area contributed by atoms with E-state index in [0.29, 0.717) is 53.2 Å². The number of aryl methyl sites for hydroxylation is 2. The molecule has 0 fully saturated rings. The number of rotatable bonds is 6. The highest BCUT2D eigenvalue weighted by Crippen LogP contribution is 2.24. The number of fused-ring (bicyclic) bond motifs is 1. The number of aromatic nitrogens is 5. The van der Waals surface area contributed by atoms with Gasteiger partial charge in [-0.1, -0.05) is 37.3 Å². The second-order valence-electron chi connectivity index (χ2n) is 6.62. The Kier molecular flexibility index (Phi) is 4.90. The molecule has 0 spiro atoms. The summed E-state index contributed by atoms with van der Waals surface area (Å²) in [6, 6.07) is 13.5. The molecule has 8 heteroatoms. The van der Waals surface area contributed by atoms with Crippen LogP contribution in [0, 0.1) is 6.92 Å². The molecule has 0 aliphatic carbocycles. The number of hydrogen-bond donors (Lipinski definition) is 2. The third-order valence-corrected chi connectivity index (χ3v) is 4.59. The van der Waals surface area contributed by atoms with Crippen molar-refractivity contribution in [2.24, 2.45) is 5.73 Å². The summed E-state index contributed by atoms with van der Waals surface area (Å²) in [6.07, 6.45) is 2.49. The predicted molar refractivity (Wildman–Crippen MR) is 110 cm³/mol. The van der Waals surface area contributed by atoms with Gasteiger partial charge in [0, 0.05) is 19.2 Å². The molecule has 0 aliphatic rings. The lowest BCUT2D eigenvalue weighted by Gasteiger charge is -2.09. The maximum Gasteiger partial charge on any atom is 0.252 e. The Morgan fingerprint density at radius 2 is 1.86 bits per heavy atom. The van der Waals surface area contributed by atoms with Gasteiger partial charge in [0.25, 0.3) is 5.91 Å². The van der Waals surface area contributed by atoms with E-state index in [1.54, 1.807) is 16.5 Å². The normalized spacial score (nSPS) is 11.0. The molecule has 0 unspecified atom stereocenters. The SMILES string of the molecule is CCc1nc(NCc2ccccc2)nc(-c2c(C)nc3c(C(N)=O)cccn23)n1. The average molecular weight is 387 g/mol. The largest absolute Gasteiger partial charge is 0.365 e. The quantitative estimate of drug-likeness (QED) is 0.526. The monoisotopic (exact) mass is 387 g/mol. The number of imidazole rings is 1. The molecule has 0 saturated heterocycles. The van der Waals surface area contributed by atoms with E-state index in [4.69, 9.17) is 5.73 Å². The van der Waals surface area contributed by atoms with Gasteiger partial charge in [-0.2, -0.15) is 9.97 Å². The van der Waals surface area contributed by atoms with Crippen molar-refractivity contribution in [1.82, 2.24) is 24.3 Å². The summed E-state index contributed by atoms with van der Waals surface area (Å²) in [5.41, 5.74) is 8.89. The Morgan fingerprint density at radius 1 is 1.07 bits per heavy atom. The summed E-state index contributed by atoms with van der Waals surface area (Å²) in [5, 5.41) is 3.27. The molecule has 0 atom stereocenters. The minimum absolute atomic E-state index is 0.356. The molecule has 3 N–H and O–H groups in total. The van der Waals surface area contributed by atoms with Gasteiger partial charge in [0.05, 0.1) is 11.3 Å². The standard InChI is InChI=1S/C21H21N7O/c1-3-16-25-19(27-21(26-16)23-12-14-8-5-4-6-9-14)17-13(2)24-20-15(18(22)29)10-7-11-28(17)20/h4-11H,3,12H2,1-2H3,(H2,22,29)(H,23,25,26,27). The first-order valence-corrected chi connectivity index (χ1v) is 9.37. The van der Waals surface area contributed by atoms with Crippen LogP contribution in [0.1, 0.15) is 34.4 Å².